The molecule has 92 valence electrons. The van der Waals surface area contributed by atoms with Crippen molar-refractivity contribution >= 4 is 27.5 Å². The van der Waals surface area contributed by atoms with Crippen molar-refractivity contribution in [2.75, 3.05) is 5.32 Å². The van der Waals surface area contributed by atoms with Crippen molar-refractivity contribution in [1.82, 2.24) is 0 Å². The van der Waals surface area contributed by atoms with E-state index in [4.69, 9.17) is 5.73 Å². The smallest absolute Gasteiger partial charge is 0.248 e. The molecule has 0 aliphatic heterocycles. The second-order valence-electron chi connectivity index (χ2n) is 3.89. The van der Waals surface area contributed by atoms with E-state index in [0.29, 0.717) is 12.1 Å². The predicted molar refractivity (Wildman–Crippen MR) is 76.4 cm³/mol. The zero-order valence-corrected chi connectivity index (χ0v) is 11.3. The Morgan fingerprint density at radius 2 is 1.94 bits per heavy atom. The fourth-order valence-corrected chi connectivity index (χ4v) is 2.05. The van der Waals surface area contributed by atoms with Crippen LogP contribution in [0.2, 0.25) is 0 Å². The van der Waals surface area contributed by atoms with Crippen LogP contribution in [0.15, 0.2) is 53.0 Å². The van der Waals surface area contributed by atoms with Crippen molar-refractivity contribution in [2.24, 2.45) is 5.73 Å². The molecule has 0 aliphatic carbocycles. The molecule has 0 unspecified atom stereocenters. The van der Waals surface area contributed by atoms with Gasteiger partial charge < -0.3 is 11.1 Å². The third-order valence-corrected chi connectivity index (χ3v) is 3.36. The zero-order chi connectivity index (χ0) is 13.0. The standard InChI is InChI=1S/C14H13BrN2O/c15-13-7-2-1-4-11(13)9-17-12-6-3-5-10(8-12)14(16)18/h1-8,17H,9H2,(H2,16,18). The van der Waals surface area contributed by atoms with E-state index in [2.05, 4.69) is 21.2 Å². The number of carbonyl (C=O) groups is 1. The first kappa shape index (κ1) is 12.6. The van der Waals surface area contributed by atoms with Crippen LogP contribution in [0, 0.1) is 0 Å². The van der Waals surface area contributed by atoms with Crippen molar-refractivity contribution < 1.29 is 4.79 Å². The van der Waals surface area contributed by atoms with Gasteiger partial charge in [-0.15, -0.1) is 0 Å². The maximum atomic E-state index is 11.1. The molecule has 3 N–H and O–H groups in total. The highest BCUT2D eigenvalue weighted by molar-refractivity contribution is 9.10. The topological polar surface area (TPSA) is 55.1 Å². The Labute approximate surface area is 114 Å². The van der Waals surface area contributed by atoms with Crippen LogP contribution in [0.1, 0.15) is 15.9 Å². The Hall–Kier alpha value is -1.81. The van der Waals surface area contributed by atoms with E-state index in [-0.39, 0.29) is 0 Å². The molecule has 1 amide bonds. The predicted octanol–water partition coefficient (Wildman–Crippen LogP) is 3.16. The molecule has 0 aromatic heterocycles. The van der Waals surface area contributed by atoms with E-state index in [1.165, 1.54) is 0 Å². The Bertz CT molecular complexity index is 569. The van der Waals surface area contributed by atoms with Crippen LogP contribution in [0.4, 0.5) is 5.69 Å². The molecular formula is C14H13BrN2O. The van der Waals surface area contributed by atoms with Crippen LogP contribution < -0.4 is 11.1 Å². The Balaban J connectivity index is 2.09. The molecule has 2 aromatic rings. The quantitative estimate of drug-likeness (QED) is 0.911. The molecule has 0 saturated heterocycles. The van der Waals surface area contributed by atoms with Gasteiger partial charge in [0, 0.05) is 22.3 Å². The third kappa shape index (κ3) is 3.11. The normalized spacial score (nSPS) is 10.1. The SMILES string of the molecule is NC(=O)c1cccc(NCc2ccccc2Br)c1. The van der Waals surface area contributed by atoms with E-state index >= 15 is 0 Å². The number of anilines is 1. The van der Waals surface area contributed by atoms with Crippen LogP contribution in [0.25, 0.3) is 0 Å². The van der Waals surface area contributed by atoms with Crippen LogP contribution in [-0.4, -0.2) is 5.91 Å². The second-order valence-corrected chi connectivity index (χ2v) is 4.74. The van der Waals surface area contributed by atoms with Gasteiger partial charge in [-0.25, -0.2) is 0 Å². The minimum Gasteiger partial charge on any atom is -0.381 e. The molecule has 0 aliphatic rings. The number of nitrogens with one attached hydrogen (secondary N) is 1. The second kappa shape index (κ2) is 5.69. The molecule has 0 heterocycles. The van der Waals surface area contributed by atoms with Gasteiger partial charge in [0.05, 0.1) is 0 Å². The largest absolute Gasteiger partial charge is 0.381 e. The molecule has 18 heavy (non-hydrogen) atoms. The van der Waals surface area contributed by atoms with Crippen molar-refractivity contribution in [3.8, 4) is 0 Å². The Morgan fingerprint density at radius 1 is 1.17 bits per heavy atom. The minimum absolute atomic E-state index is 0.417. The lowest BCUT2D eigenvalue weighted by Gasteiger charge is -2.08. The summed E-state index contributed by atoms with van der Waals surface area (Å²) >= 11 is 3.49. The molecule has 0 fully saturated rings. The number of amides is 1. The zero-order valence-electron chi connectivity index (χ0n) is 9.69. The number of carbonyl (C=O) groups excluding carboxylic acids is 1. The van der Waals surface area contributed by atoms with Gasteiger partial charge in [0.2, 0.25) is 5.91 Å². The summed E-state index contributed by atoms with van der Waals surface area (Å²) in [6.07, 6.45) is 0. The lowest BCUT2D eigenvalue weighted by molar-refractivity contribution is 0.100. The number of hydrogen-bond acceptors (Lipinski definition) is 2. The molecule has 0 spiro atoms. The molecule has 3 nitrogen and oxygen atoms in total. The van der Waals surface area contributed by atoms with Gasteiger partial charge in [0.25, 0.3) is 0 Å². The summed E-state index contributed by atoms with van der Waals surface area (Å²) in [6.45, 7) is 0.684. The summed E-state index contributed by atoms with van der Waals surface area (Å²) in [5, 5.41) is 3.26. The highest BCUT2D eigenvalue weighted by atomic mass is 79.9. The van der Waals surface area contributed by atoms with E-state index in [0.717, 1.165) is 15.7 Å². The summed E-state index contributed by atoms with van der Waals surface area (Å²) < 4.78 is 1.06. The van der Waals surface area contributed by atoms with Gasteiger partial charge in [-0.2, -0.15) is 0 Å². The molecule has 0 bridgehead atoms. The van der Waals surface area contributed by atoms with Crippen LogP contribution in [0.5, 0.6) is 0 Å². The summed E-state index contributed by atoms with van der Waals surface area (Å²) in [6, 6.07) is 15.2. The molecule has 0 saturated carbocycles. The average Bonchev–Trinajstić information content (AvgIpc) is 2.38. The number of benzene rings is 2. The highest BCUT2D eigenvalue weighted by Gasteiger charge is 2.02. The third-order valence-electron chi connectivity index (χ3n) is 2.59. The first-order valence-corrected chi connectivity index (χ1v) is 6.33. The number of nitrogens with two attached hydrogens (primary N) is 1. The van der Waals surface area contributed by atoms with Gasteiger partial charge in [-0.1, -0.05) is 40.2 Å². The minimum atomic E-state index is -0.417. The molecule has 2 aromatic carbocycles. The van der Waals surface area contributed by atoms with Gasteiger partial charge in [-0.05, 0) is 29.8 Å². The van der Waals surface area contributed by atoms with E-state index in [1.807, 2.05) is 36.4 Å². The lowest BCUT2D eigenvalue weighted by Crippen LogP contribution is -2.11. The first-order valence-electron chi connectivity index (χ1n) is 5.54. The van der Waals surface area contributed by atoms with E-state index in [1.54, 1.807) is 12.1 Å². The summed E-state index contributed by atoms with van der Waals surface area (Å²) in [5.74, 6) is -0.417. The van der Waals surface area contributed by atoms with Crippen LogP contribution in [0.3, 0.4) is 0 Å². The first-order chi connectivity index (χ1) is 8.66. The fraction of sp³-hybridized carbons (Fsp3) is 0.0714. The van der Waals surface area contributed by atoms with Crippen molar-refractivity contribution in [3.63, 3.8) is 0 Å². The van der Waals surface area contributed by atoms with Crippen molar-refractivity contribution in [1.29, 1.82) is 0 Å². The number of hydrogen-bond donors (Lipinski definition) is 2. The number of primary amides is 1. The van der Waals surface area contributed by atoms with Crippen LogP contribution in [-0.2, 0) is 6.54 Å². The van der Waals surface area contributed by atoms with Crippen molar-refractivity contribution in [2.45, 2.75) is 6.54 Å². The van der Waals surface area contributed by atoms with Crippen molar-refractivity contribution in [3.05, 3.63) is 64.1 Å². The molecular weight excluding hydrogens is 292 g/mol. The van der Waals surface area contributed by atoms with Gasteiger partial charge in [-0.3, -0.25) is 4.79 Å². The molecule has 0 atom stereocenters. The van der Waals surface area contributed by atoms with Gasteiger partial charge in [0.1, 0.15) is 0 Å². The van der Waals surface area contributed by atoms with Crippen LogP contribution >= 0.6 is 15.9 Å². The highest BCUT2D eigenvalue weighted by Crippen LogP contribution is 2.18. The monoisotopic (exact) mass is 304 g/mol. The maximum absolute atomic E-state index is 11.1. The average molecular weight is 305 g/mol. The molecule has 4 heteroatoms. The van der Waals surface area contributed by atoms with E-state index < -0.39 is 5.91 Å². The summed E-state index contributed by atoms with van der Waals surface area (Å²) in [7, 11) is 0. The summed E-state index contributed by atoms with van der Waals surface area (Å²) in [4.78, 5) is 11.1. The maximum Gasteiger partial charge on any atom is 0.248 e. The van der Waals surface area contributed by atoms with Gasteiger partial charge in [0.15, 0.2) is 0 Å². The Morgan fingerprint density at radius 3 is 2.67 bits per heavy atom. The summed E-state index contributed by atoms with van der Waals surface area (Å²) in [5.41, 5.74) is 7.78. The molecule has 2 rings (SSSR count). The molecule has 0 radical (unpaired) electrons. The Kier molecular flexibility index (Phi) is 3.99. The lowest BCUT2D eigenvalue weighted by atomic mass is 10.2. The number of rotatable bonds is 4. The van der Waals surface area contributed by atoms with E-state index in [9.17, 15) is 4.79 Å². The number of halogens is 1. The van der Waals surface area contributed by atoms with Gasteiger partial charge >= 0.3 is 0 Å². The fourth-order valence-electron chi connectivity index (χ4n) is 1.62.